The molecule has 2 aromatic carbocycles. The van der Waals surface area contributed by atoms with Gasteiger partial charge in [-0.2, -0.15) is 18.3 Å². The van der Waals surface area contributed by atoms with Crippen molar-refractivity contribution in [2.45, 2.75) is 38.4 Å². The summed E-state index contributed by atoms with van der Waals surface area (Å²) in [6.07, 6.45) is -1.54. The first-order valence-electron chi connectivity index (χ1n) is 11.2. The summed E-state index contributed by atoms with van der Waals surface area (Å²) in [6, 6.07) is 10.5. The zero-order valence-corrected chi connectivity index (χ0v) is 19.0. The average molecular weight is 488 g/mol. The first-order chi connectivity index (χ1) is 16.7. The number of likely N-dealkylation sites (N-methyl/N-ethyl adjacent to an activating group) is 1. The summed E-state index contributed by atoms with van der Waals surface area (Å²) in [5, 5.41) is 6.95. The first-order valence-corrected chi connectivity index (χ1v) is 11.2. The third-order valence-electron chi connectivity index (χ3n) is 5.83. The number of rotatable bonds is 8. The van der Waals surface area contributed by atoms with Gasteiger partial charge in [0.15, 0.2) is 0 Å². The summed E-state index contributed by atoms with van der Waals surface area (Å²) in [4.78, 5) is 27.1. The van der Waals surface area contributed by atoms with E-state index in [1.54, 1.807) is 19.1 Å². The molecule has 10 heteroatoms. The number of halogens is 4. The lowest BCUT2D eigenvalue weighted by Gasteiger charge is -2.21. The Morgan fingerprint density at radius 3 is 2.49 bits per heavy atom. The van der Waals surface area contributed by atoms with Crippen LogP contribution in [0.2, 0.25) is 0 Å². The van der Waals surface area contributed by atoms with Crippen LogP contribution in [0, 0.1) is 5.82 Å². The van der Waals surface area contributed by atoms with Crippen molar-refractivity contribution in [1.29, 1.82) is 0 Å². The van der Waals surface area contributed by atoms with Crippen LogP contribution in [0.25, 0.3) is 5.69 Å². The normalized spacial score (nSPS) is 13.5. The van der Waals surface area contributed by atoms with E-state index in [2.05, 4.69) is 10.4 Å². The lowest BCUT2D eigenvalue weighted by Crippen LogP contribution is -2.40. The molecule has 6 nitrogen and oxygen atoms in total. The van der Waals surface area contributed by atoms with E-state index in [-0.39, 0.29) is 48.5 Å². The minimum absolute atomic E-state index is 0.0111. The standard InChI is InChI=1S/C25H24F4N4O2/c1-2-32(15-22(34)30-13-16-6-10-19(26)11-7-16)24(35)21-14-31-33(23(21)17-8-9-17)20-5-3-4-18(12-20)25(27,28)29/h3-7,10-12,14,17H,2,8-9,13,15H2,1H3,(H,30,34). The number of hydrogen-bond acceptors (Lipinski definition) is 3. The topological polar surface area (TPSA) is 67.2 Å². The number of amides is 2. The largest absolute Gasteiger partial charge is 0.416 e. The highest BCUT2D eigenvalue weighted by molar-refractivity contribution is 5.97. The van der Waals surface area contributed by atoms with Crippen molar-refractivity contribution in [3.63, 3.8) is 0 Å². The Labute approximate surface area is 199 Å². The van der Waals surface area contributed by atoms with Gasteiger partial charge >= 0.3 is 6.18 Å². The first kappa shape index (κ1) is 24.4. The van der Waals surface area contributed by atoms with E-state index < -0.39 is 17.6 Å². The Morgan fingerprint density at radius 1 is 1.14 bits per heavy atom. The van der Waals surface area contributed by atoms with E-state index in [0.29, 0.717) is 11.3 Å². The number of aromatic nitrogens is 2. The fraction of sp³-hybridized carbons (Fsp3) is 0.320. The van der Waals surface area contributed by atoms with Crippen molar-refractivity contribution in [3.8, 4) is 5.69 Å². The highest BCUT2D eigenvalue weighted by Crippen LogP contribution is 2.43. The van der Waals surface area contributed by atoms with Gasteiger partial charge in [-0.15, -0.1) is 0 Å². The molecule has 0 bridgehead atoms. The van der Waals surface area contributed by atoms with Gasteiger partial charge in [0, 0.05) is 19.0 Å². The van der Waals surface area contributed by atoms with Crippen molar-refractivity contribution < 1.29 is 27.2 Å². The summed E-state index contributed by atoms with van der Waals surface area (Å²) in [7, 11) is 0. The smallest absolute Gasteiger partial charge is 0.350 e. The number of alkyl halides is 3. The molecule has 1 aliphatic carbocycles. The monoisotopic (exact) mass is 488 g/mol. The molecule has 1 aliphatic rings. The minimum atomic E-state index is -4.50. The number of nitrogens with one attached hydrogen (secondary N) is 1. The summed E-state index contributed by atoms with van der Waals surface area (Å²) in [5.74, 6) is -1.16. The van der Waals surface area contributed by atoms with E-state index in [1.807, 2.05) is 0 Å². The third-order valence-corrected chi connectivity index (χ3v) is 5.83. The van der Waals surface area contributed by atoms with Crippen LogP contribution >= 0.6 is 0 Å². The van der Waals surface area contributed by atoms with Crippen molar-refractivity contribution in [2.75, 3.05) is 13.1 Å². The number of hydrogen-bond donors (Lipinski definition) is 1. The molecule has 0 saturated heterocycles. The Balaban J connectivity index is 1.52. The maximum Gasteiger partial charge on any atom is 0.416 e. The van der Waals surface area contributed by atoms with Crippen LogP contribution in [-0.2, 0) is 17.5 Å². The van der Waals surface area contributed by atoms with E-state index >= 15 is 0 Å². The number of benzene rings is 2. The minimum Gasteiger partial charge on any atom is -0.350 e. The predicted octanol–water partition coefficient (Wildman–Crippen LogP) is 4.69. The fourth-order valence-corrected chi connectivity index (χ4v) is 3.82. The molecule has 3 aromatic rings. The fourth-order valence-electron chi connectivity index (χ4n) is 3.82. The van der Waals surface area contributed by atoms with Crippen molar-refractivity contribution >= 4 is 11.8 Å². The summed E-state index contributed by atoms with van der Waals surface area (Å²) < 4.78 is 54.0. The molecule has 1 aromatic heterocycles. The number of carbonyl (C=O) groups excluding carboxylic acids is 2. The summed E-state index contributed by atoms with van der Waals surface area (Å²) >= 11 is 0. The average Bonchev–Trinajstić information content (AvgIpc) is 3.58. The van der Waals surface area contributed by atoms with Gasteiger partial charge in [0.25, 0.3) is 5.91 Å². The Kier molecular flexibility index (Phi) is 6.90. The SMILES string of the molecule is CCN(CC(=O)NCc1ccc(F)cc1)C(=O)c1cnn(-c2cccc(C(F)(F)F)c2)c1C1CC1. The molecule has 0 radical (unpaired) electrons. The molecule has 2 amide bonds. The molecule has 1 fully saturated rings. The molecule has 35 heavy (non-hydrogen) atoms. The molecule has 4 rings (SSSR count). The van der Waals surface area contributed by atoms with Gasteiger partial charge < -0.3 is 10.2 Å². The van der Waals surface area contributed by atoms with Crippen LogP contribution in [0.15, 0.2) is 54.7 Å². The zero-order valence-electron chi connectivity index (χ0n) is 19.0. The van der Waals surface area contributed by atoms with Crippen molar-refractivity contribution in [1.82, 2.24) is 20.0 Å². The van der Waals surface area contributed by atoms with Gasteiger partial charge in [-0.05, 0) is 55.7 Å². The molecule has 1 N–H and O–H groups in total. The highest BCUT2D eigenvalue weighted by Gasteiger charge is 2.35. The molecular weight excluding hydrogens is 464 g/mol. The Bertz CT molecular complexity index is 1220. The van der Waals surface area contributed by atoms with Gasteiger partial charge in [-0.1, -0.05) is 18.2 Å². The van der Waals surface area contributed by atoms with Gasteiger partial charge in [0.1, 0.15) is 5.82 Å². The molecular formula is C25H24F4N4O2. The van der Waals surface area contributed by atoms with Gasteiger partial charge in [0.05, 0.1) is 35.2 Å². The van der Waals surface area contributed by atoms with E-state index in [1.165, 1.54) is 40.0 Å². The predicted molar refractivity (Wildman–Crippen MR) is 120 cm³/mol. The summed E-state index contributed by atoms with van der Waals surface area (Å²) in [6.45, 7) is 1.97. The van der Waals surface area contributed by atoms with Gasteiger partial charge in [0.2, 0.25) is 5.91 Å². The Hall–Kier alpha value is -3.69. The van der Waals surface area contributed by atoms with Crippen LogP contribution in [0.4, 0.5) is 17.6 Å². The van der Waals surface area contributed by atoms with E-state index in [0.717, 1.165) is 25.0 Å². The number of nitrogens with zero attached hydrogens (tertiary/aromatic N) is 3. The van der Waals surface area contributed by atoms with Crippen molar-refractivity contribution in [3.05, 3.63) is 82.9 Å². The van der Waals surface area contributed by atoms with Crippen LogP contribution in [0.5, 0.6) is 0 Å². The molecule has 0 spiro atoms. The highest BCUT2D eigenvalue weighted by atomic mass is 19.4. The third kappa shape index (κ3) is 5.70. The molecule has 0 unspecified atom stereocenters. The Morgan fingerprint density at radius 2 is 1.86 bits per heavy atom. The molecule has 184 valence electrons. The molecule has 1 saturated carbocycles. The maximum atomic E-state index is 13.3. The van der Waals surface area contributed by atoms with Gasteiger partial charge in [-0.3, -0.25) is 9.59 Å². The van der Waals surface area contributed by atoms with Crippen molar-refractivity contribution in [2.24, 2.45) is 0 Å². The zero-order chi connectivity index (χ0) is 25.2. The second-order valence-electron chi connectivity index (χ2n) is 8.40. The van der Waals surface area contributed by atoms with E-state index in [4.69, 9.17) is 0 Å². The van der Waals surface area contributed by atoms with Crippen LogP contribution in [-0.4, -0.2) is 39.6 Å². The van der Waals surface area contributed by atoms with Gasteiger partial charge in [-0.25, -0.2) is 9.07 Å². The second kappa shape index (κ2) is 9.89. The maximum absolute atomic E-state index is 13.3. The molecule has 0 atom stereocenters. The lowest BCUT2D eigenvalue weighted by atomic mass is 10.1. The summed E-state index contributed by atoms with van der Waals surface area (Å²) in [5.41, 5.74) is 0.971. The second-order valence-corrected chi connectivity index (χ2v) is 8.40. The van der Waals surface area contributed by atoms with Crippen LogP contribution in [0.3, 0.4) is 0 Å². The quantitative estimate of drug-likeness (QED) is 0.468. The van der Waals surface area contributed by atoms with Crippen LogP contribution in [0.1, 0.15) is 52.9 Å². The lowest BCUT2D eigenvalue weighted by molar-refractivity contribution is -0.137. The number of carbonyl (C=O) groups is 2. The van der Waals surface area contributed by atoms with E-state index in [9.17, 15) is 27.2 Å². The molecule has 1 heterocycles. The van der Waals surface area contributed by atoms with Crippen LogP contribution < -0.4 is 5.32 Å². The molecule has 0 aliphatic heterocycles.